The predicted molar refractivity (Wildman–Crippen MR) is 63.0 cm³/mol. The van der Waals surface area contributed by atoms with Gasteiger partial charge in [0.15, 0.2) is 11.6 Å². The summed E-state index contributed by atoms with van der Waals surface area (Å²) in [6.45, 7) is 4.34. The number of hydrogen-bond donors (Lipinski definition) is 1. The van der Waals surface area contributed by atoms with E-state index in [1.54, 1.807) is 12.3 Å². The van der Waals surface area contributed by atoms with E-state index in [1.165, 1.54) is 6.07 Å². The Morgan fingerprint density at radius 1 is 1.38 bits per heavy atom. The van der Waals surface area contributed by atoms with Crippen LogP contribution in [0.5, 0.6) is 0 Å². The summed E-state index contributed by atoms with van der Waals surface area (Å²) >= 11 is 0. The molecule has 3 nitrogen and oxygen atoms in total. The lowest BCUT2D eigenvalue weighted by Crippen LogP contribution is -2.08. The van der Waals surface area contributed by atoms with Crippen molar-refractivity contribution in [2.75, 3.05) is 25.1 Å². The highest BCUT2D eigenvalue weighted by molar-refractivity contribution is 5.35. The summed E-state index contributed by atoms with van der Waals surface area (Å²) < 4.78 is 18.5. The first-order valence-corrected chi connectivity index (χ1v) is 5.76. The van der Waals surface area contributed by atoms with Crippen LogP contribution in [0.15, 0.2) is 18.3 Å². The van der Waals surface area contributed by atoms with Crippen LogP contribution in [0, 0.1) is 5.82 Å². The van der Waals surface area contributed by atoms with Crippen molar-refractivity contribution in [2.45, 2.75) is 26.2 Å². The number of unbranched alkanes of at least 4 members (excludes halogenated alkanes) is 1. The third-order valence-electron chi connectivity index (χ3n) is 2.16. The van der Waals surface area contributed by atoms with Crippen LogP contribution < -0.4 is 5.32 Å². The largest absolute Gasteiger partial charge is 0.381 e. The van der Waals surface area contributed by atoms with Crippen molar-refractivity contribution in [3.63, 3.8) is 0 Å². The topological polar surface area (TPSA) is 34.1 Å². The van der Waals surface area contributed by atoms with Gasteiger partial charge in [-0.3, -0.25) is 0 Å². The van der Waals surface area contributed by atoms with Crippen molar-refractivity contribution in [3.8, 4) is 0 Å². The minimum absolute atomic E-state index is 0.311. The maximum Gasteiger partial charge on any atom is 0.165 e. The SMILES string of the molecule is CCCCOCCCNc1ncccc1F. The van der Waals surface area contributed by atoms with Crippen LogP contribution in [0.25, 0.3) is 0 Å². The molecular weight excluding hydrogens is 207 g/mol. The molecule has 1 heterocycles. The fraction of sp³-hybridized carbons (Fsp3) is 0.583. The molecule has 1 rings (SSSR count). The Kier molecular flexibility index (Phi) is 6.49. The van der Waals surface area contributed by atoms with Crippen molar-refractivity contribution in [1.82, 2.24) is 4.98 Å². The molecule has 0 saturated carbocycles. The fourth-order valence-electron chi connectivity index (χ4n) is 1.25. The summed E-state index contributed by atoms with van der Waals surface area (Å²) in [5, 5.41) is 2.94. The molecule has 0 aromatic carbocycles. The zero-order valence-corrected chi connectivity index (χ0v) is 9.71. The summed E-state index contributed by atoms with van der Waals surface area (Å²) in [5.74, 6) is 0.00506. The van der Waals surface area contributed by atoms with E-state index in [4.69, 9.17) is 4.74 Å². The molecule has 16 heavy (non-hydrogen) atoms. The van der Waals surface area contributed by atoms with E-state index in [0.717, 1.165) is 25.9 Å². The maximum atomic E-state index is 13.1. The van der Waals surface area contributed by atoms with Gasteiger partial charge in [0.1, 0.15) is 0 Å². The van der Waals surface area contributed by atoms with Crippen LogP contribution in [0.4, 0.5) is 10.2 Å². The van der Waals surface area contributed by atoms with Gasteiger partial charge in [0.25, 0.3) is 0 Å². The van der Waals surface area contributed by atoms with Crippen molar-refractivity contribution in [3.05, 3.63) is 24.1 Å². The van der Waals surface area contributed by atoms with E-state index < -0.39 is 0 Å². The van der Waals surface area contributed by atoms with E-state index in [2.05, 4.69) is 17.2 Å². The van der Waals surface area contributed by atoms with Crippen LogP contribution in [-0.4, -0.2) is 24.7 Å². The summed E-state index contributed by atoms with van der Waals surface area (Å²) in [7, 11) is 0. The molecule has 90 valence electrons. The first kappa shape index (κ1) is 12.9. The van der Waals surface area contributed by atoms with E-state index in [-0.39, 0.29) is 5.82 Å². The average molecular weight is 226 g/mol. The molecule has 0 aliphatic heterocycles. The minimum atomic E-state index is -0.311. The smallest absolute Gasteiger partial charge is 0.165 e. The first-order chi connectivity index (χ1) is 7.84. The van der Waals surface area contributed by atoms with Gasteiger partial charge in [-0.05, 0) is 25.0 Å². The molecule has 0 aliphatic rings. The molecule has 1 aromatic rings. The third-order valence-corrected chi connectivity index (χ3v) is 2.16. The molecule has 0 spiro atoms. The van der Waals surface area contributed by atoms with Gasteiger partial charge in [0, 0.05) is 26.0 Å². The molecule has 0 fully saturated rings. The first-order valence-electron chi connectivity index (χ1n) is 5.76. The van der Waals surface area contributed by atoms with Gasteiger partial charge in [0.05, 0.1) is 0 Å². The molecule has 1 N–H and O–H groups in total. The number of aromatic nitrogens is 1. The lowest BCUT2D eigenvalue weighted by molar-refractivity contribution is 0.131. The van der Waals surface area contributed by atoms with Crippen molar-refractivity contribution in [2.24, 2.45) is 0 Å². The van der Waals surface area contributed by atoms with E-state index in [0.29, 0.717) is 19.0 Å². The standard InChI is InChI=1S/C12H19FN2O/c1-2-3-9-16-10-5-8-15-12-11(13)6-4-7-14-12/h4,6-7H,2-3,5,8-10H2,1H3,(H,14,15). The highest BCUT2D eigenvalue weighted by atomic mass is 19.1. The van der Waals surface area contributed by atoms with Gasteiger partial charge in [-0.15, -0.1) is 0 Å². The van der Waals surface area contributed by atoms with Gasteiger partial charge in [-0.2, -0.15) is 0 Å². The summed E-state index contributed by atoms with van der Waals surface area (Å²) in [4.78, 5) is 3.90. The van der Waals surface area contributed by atoms with Gasteiger partial charge >= 0.3 is 0 Å². The van der Waals surface area contributed by atoms with Crippen molar-refractivity contribution < 1.29 is 9.13 Å². The maximum absolute atomic E-state index is 13.1. The summed E-state index contributed by atoms with van der Waals surface area (Å²) in [5.41, 5.74) is 0. The number of ether oxygens (including phenoxy) is 1. The zero-order chi connectivity index (χ0) is 11.6. The number of pyridine rings is 1. The molecule has 0 bridgehead atoms. The van der Waals surface area contributed by atoms with Crippen LogP contribution in [-0.2, 0) is 4.74 Å². The molecule has 0 unspecified atom stereocenters. The lowest BCUT2D eigenvalue weighted by Gasteiger charge is -2.06. The number of halogens is 1. The van der Waals surface area contributed by atoms with Gasteiger partial charge in [-0.25, -0.2) is 9.37 Å². The van der Waals surface area contributed by atoms with E-state index in [1.807, 2.05) is 0 Å². The highest BCUT2D eigenvalue weighted by Crippen LogP contribution is 2.07. The van der Waals surface area contributed by atoms with Gasteiger partial charge in [-0.1, -0.05) is 13.3 Å². The Balaban J connectivity index is 2.05. The molecule has 1 aromatic heterocycles. The van der Waals surface area contributed by atoms with E-state index >= 15 is 0 Å². The van der Waals surface area contributed by atoms with Crippen LogP contribution in [0.2, 0.25) is 0 Å². The summed E-state index contributed by atoms with van der Waals surface area (Å²) in [6, 6.07) is 2.97. The Bertz CT molecular complexity index is 294. The number of nitrogens with zero attached hydrogens (tertiary/aromatic N) is 1. The highest BCUT2D eigenvalue weighted by Gasteiger charge is 1.99. The molecule has 0 aliphatic carbocycles. The molecule has 4 heteroatoms. The zero-order valence-electron chi connectivity index (χ0n) is 9.71. The normalized spacial score (nSPS) is 10.4. The van der Waals surface area contributed by atoms with Crippen LogP contribution in [0.1, 0.15) is 26.2 Å². The Morgan fingerprint density at radius 2 is 2.19 bits per heavy atom. The Hall–Kier alpha value is -1.16. The van der Waals surface area contributed by atoms with Crippen LogP contribution in [0.3, 0.4) is 0 Å². The molecular formula is C12H19FN2O. The Labute approximate surface area is 96.0 Å². The fourth-order valence-corrected chi connectivity index (χ4v) is 1.25. The van der Waals surface area contributed by atoms with Crippen LogP contribution >= 0.6 is 0 Å². The number of nitrogens with one attached hydrogen (secondary N) is 1. The second-order valence-corrected chi connectivity index (χ2v) is 3.58. The molecule has 0 amide bonds. The number of rotatable bonds is 8. The van der Waals surface area contributed by atoms with Gasteiger partial charge < -0.3 is 10.1 Å². The van der Waals surface area contributed by atoms with E-state index in [9.17, 15) is 4.39 Å². The minimum Gasteiger partial charge on any atom is -0.381 e. The number of anilines is 1. The third kappa shape index (κ3) is 5.07. The lowest BCUT2D eigenvalue weighted by atomic mass is 10.3. The predicted octanol–water partition coefficient (Wildman–Crippen LogP) is 2.84. The number of hydrogen-bond acceptors (Lipinski definition) is 3. The van der Waals surface area contributed by atoms with Crippen molar-refractivity contribution in [1.29, 1.82) is 0 Å². The Morgan fingerprint density at radius 3 is 2.94 bits per heavy atom. The molecule has 0 atom stereocenters. The molecule has 0 radical (unpaired) electrons. The summed E-state index contributed by atoms with van der Waals surface area (Å²) in [6.07, 6.45) is 4.68. The average Bonchev–Trinajstić information content (AvgIpc) is 2.30. The second kappa shape index (κ2) is 8.05. The monoisotopic (exact) mass is 226 g/mol. The molecule has 0 saturated heterocycles. The quantitative estimate of drug-likeness (QED) is 0.692. The van der Waals surface area contributed by atoms with Gasteiger partial charge in [0.2, 0.25) is 0 Å². The second-order valence-electron chi connectivity index (χ2n) is 3.58. The van der Waals surface area contributed by atoms with Crippen molar-refractivity contribution >= 4 is 5.82 Å².